The van der Waals surface area contributed by atoms with Gasteiger partial charge in [0.1, 0.15) is 5.76 Å². The van der Waals surface area contributed by atoms with Gasteiger partial charge in [-0.15, -0.1) is 0 Å². The van der Waals surface area contributed by atoms with Crippen molar-refractivity contribution in [3.05, 3.63) is 94.4 Å². The minimum Gasteiger partial charge on any atom is -0.467 e. The third kappa shape index (κ3) is 4.03. The first kappa shape index (κ1) is 19.6. The lowest BCUT2D eigenvalue weighted by atomic mass is 10.1. The average Bonchev–Trinajstić information content (AvgIpc) is 3.26. The Morgan fingerprint density at radius 1 is 1.07 bits per heavy atom. The Kier molecular flexibility index (Phi) is 5.48. The summed E-state index contributed by atoms with van der Waals surface area (Å²) in [5.41, 5.74) is 3.43. The second-order valence-electron chi connectivity index (χ2n) is 7.36. The van der Waals surface area contributed by atoms with Crippen molar-refractivity contribution in [1.82, 2.24) is 9.55 Å². The summed E-state index contributed by atoms with van der Waals surface area (Å²) in [4.78, 5) is 32.0. The number of fused-ring (bicyclic) bond motifs is 1. The third-order valence-electron chi connectivity index (χ3n) is 5.16. The van der Waals surface area contributed by atoms with Crippen LogP contribution in [-0.2, 0) is 17.9 Å². The maximum absolute atomic E-state index is 13.1. The Morgan fingerprint density at radius 3 is 2.60 bits per heavy atom. The Bertz CT molecular complexity index is 1230. The lowest BCUT2D eigenvalue weighted by Crippen LogP contribution is -2.32. The van der Waals surface area contributed by atoms with E-state index in [1.807, 2.05) is 56.3 Å². The van der Waals surface area contributed by atoms with Crippen molar-refractivity contribution in [1.29, 1.82) is 0 Å². The molecule has 6 heteroatoms. The fraction of sp³-hybridized carbons (Fsp3) is 0.208. The Balaban J connectivity index is 1.57. The molecule has 1 amide bonds. The van der Waals surface area contributed by atoms with Gasteiger partial charge in [-0.3, -0.25) is 14.2 Å². The molecule has 4 rings (SSSR count). The second-order valence-corrected chi connectivity index (χ2v) is 7.36. The van der Waals surface area contributed by atoms with E-state index in [4.69, 9.17) is 4.42 Å². The van der Waals surface area contributed by atoms with Gasteiger partial charge in [0.2, 0.25) is 5.91 Å². The highest BCUT2D eigenvalue weighted by molar-refractivity contribution is 5.93. The monoisotopic (exact) mass is 401 g/mol. The molecule has 2 aromatic heterocycles. The molecule has 0 radical (unpaired) electrons. The number of carbonyl (C=O) groups excluding carboxylic acids is 1. The Labute approximate surface area is 174 Å². The maximum Gasteiger partial charge on any atom is 0.261 e. The first-order valence-electron chi connectivity index (χ1n) is 9.87. The predicted molar refractivity (Wildman–Crippen MR) is 116 cm³/mol. The molecule has 0 saturated heterocycles. The van der Waals surface area contributed by atoms with Gasteiger partial charge in [0.25, 0.3) is 5.56 Å². The van der Waals surface area contributed by atoms with Crippen LogP contribution < -0.4 is 10.5 Å². The number of hydrogen-bond donors (Lipinski definition) is 0. The van der Waals surface area contributed by atoms with E-state index in [0.29, 0.717) is 23.2 Å². The lowest BCUT2D eigenvalue weighted by molar-refractivity contribution is -0.119. The van der Waals surface area contributed by atoms with Gasteiger partial charge in [0.05, 0.1) is 30.0 Å². The van der Waals surface area contributed by atoms with E-state index in [2.05, 4.69) is 4.98 Å². The van der Waals surface area contributed by atoms with Gasteiger partial charge < -0.3 is 9.32 Å². The number of carbonyl (C=O) groups is 1. The highest BCUT2D eigenvalue weighted by Crippen LogP contribution is 2.20. The zero-order valence-corrected chi connectivity index (χ0v) is 17.0. The SMILES string of the molecule is Cc1ccc(N(Cc2ccco2)C(=O)CCn2cnc3c(C)cccc3c2=O)cc1. The molecule has 0 atom stereocenters. The van der Waals surface area contributed by atoms with Gasteiger partial charge in [0, 0.05) is 18.7 Å². The van der Waals surface area contributed by atoms with E-state index in [1.165, 1.54) is 10.9 Å². The molecule has 152 valence electrons. The molecule has 2 heterocycles. The van der Waals surface area contributed by atoms with Gasteiger partial charge in [-0.1, -0.05) is 29.8 Å². The first-order valence-corrected chi connectivity index (χ1v) is 9.87. The molecule has 0 fully saturated rings. The molecule has 0 bridgehead atoms. The summed E-state index contributed by atoms with van der Waals surface area (Å²) in [6.07, 6.45) is 3.29. The van der Waals surface area contributed by atoms with E-state index in [9.17, 15) is 9.59 Å². The fourth-order valence-electron chi connectivity index (χ4n) is 3.45. The second kappa shape index (κ2) is 8.37. The van der Waals surface area contributed by atoms with E-state index < -0.39 is 0 Å². The Hall–Kier alpha value is -3.67. The summed E-state index contributed by atoms with van der Waals surface area (Å²) < 4.78 is 6.94. The van der Waals surface area contributed by atoms with Gasteiger partial charge in [0.15, 0.2) is 0 Å². The molecular formula is C24H23N3O3. The molecule has 4 aromatic rings. The number of furan rings is 1. The molecule has 30 heavy (non-hydrogen) atoms. The van der Waals surface area contributed by atoms with Gasteiger partial charge in [-0.25, -0.2) is 4.98 Å². The van der Waals surface area contributed by atoms with Crippen molar-refractivity contribution >= 4 is 22.5 Å². The standard InChI is InChI=1S/C24H23N3O3/c1-17-8-10-19(11-9-17)27(15-20-6-4-14-30-20)22(28)12-13-26-16-25-23-18(2)5-3-7-21(23)24(26)29/h3-11,14,16H,12-13,15H2,1-2H3. The highest BCUT2D eigenvalue weighted by atomic mass is 16.3. The lowest BCUT2D eigenvalue weighted by Gasteiger charge is -2.22. The largest absolute Gasteiger partial charge is 0.467 e. The predicted octanol–water partition coefficient (Wildman–Crippen LogP) is 4.23. The van der Waals surface area contributed by atoms with E-state index >= 15 is 0 Å². The van der Waals surface area contributed by atoms with Crippen molar-refractivity contribution in [2.45, 2.75) is 33.4 Å². The van der Waals surface area contributed by atoms with E-state index in [-0.39, 0.29) is 24.4 Å². The summed E-state index contributed by atoms with van der Waals surface area (Å²) in [6.45, 7) is 4.52. The molecule has 0 aliphatic carbocycles. The van der Waals surface area contributed by atoms with Crippen LogP contribution in [0.15, 0.2) is 76.4 Å². The smallest absolute Gasteiger partial charge is 0.261 e. The number of para-hydroxylation sites is 1. The topological polar surface area (TPSA) is 68.3 Å². The number of aromatic nitrogens is 2. The molecule has 6 nitrogen and oxygen atoms in total. The summed E-state index contributed by atoms with van der Waals surface area (Å²) >= 11 is 0. The molecule has 2 aromatic carbocycles. The minimum atomic E-state index is -0.135. The summed E-state index contributed by atoms with van der Waals surface area (Å²) in [5.74, 6) is 0.607. The number of amides is 1. The summed E-state index contributed by atoms with van der Waals surface area (Å²) in [6, 6.07) is 17.0. The molecule has 0 spiro atoms. The molecule has 0 saturated carbocycles. The molecule has 0 aliphatic rings. The highest BCUT2D eigenvalue weighted by Gasteiger charge is 2.18. The zero-order chi connectivity index (χ0) is 21.1. The number of nitrogens with zero attached hydrogens (tertiary/aromatic N) is 3. The van der Waals surface area contributed by atoms with Crippen LogP contribution in [0.25, 0.3) is 10.9 Å². The molecule has 0 N–H and O–H groups in total. The normalized spacial score (nSPS) is 11.0. The van der Waals surface area contributed by atoms with E-state index in [0.717, 1.165) is 16.8 Å². The van der Waals surface area contributed by atoms with Crippen LogP contribution in [0.4, 0.5) is 5.69 Å². The third-order valence-corrected chi connectivity index (χ3v) is 5.16. The average molecular weight is 401 g/mol. The van der Waals surface area contributed by atoms with Crippen molar-refractivity contribution in [2.75, 3.05) is 4.90 Å². The molecule has 0 unspecified atom stereocenters. The summed E-state index contributed by atoms with van der Waals surface area (Å²) in [7, 11) is 0. The fourth-order valence-corrected chi connectivity index (χ4v) is 3.45. The first-order chi connectivity index (χ1) is 14.5. The maximum atomic E-state index is 13.1. The van der Waals surface area contributed by atoms with Gasteiger partial charge in [-0.05, 0) is 49.7 Å². The van der Waals surface area contributed by atoms with Crippen LogP contribution in [0.5, 0.6) is 0 Å². The van der Waals surface area contributed by atoms with Crippen LogP contribution >= 0.6 is 0 Å². The van der Waals surface area contributed by atoms with Crippen molar-refractivity contribution in [3.8, 4) is 0 Å². The quantitative estimate of drug-likeness (QED) is 0.485. The number of hydrogen-bond acceptors (Lipinski definition) is 4. The number of rotatable bonds is 6. The minimum absolute atomic E-state index is 0.0912. The number of benzene rings is 2. The van der Waals surface area contributed by atoms with Gasteiger partial charge >= 0.3 is 0 Å². The molecular weight excluding hydrogens is 378 g/mol. The van der Waals surface area contributed by atoms with Crippen LogP contribution in [0, 0.1) is 13.8 Å². The van der Waals surface area contributed by atoms with Crippen LogP contribution in [-0.4, -0.2) is 15.5 Å². The Morgan fingerprint density at radius 2 is 1.87 bits per heavy atom. The van der Waals surface area contributed by atoms with E-state index in [1.54, 1.807) is 23.3 Å². The van der Waals surface area contributed by atoms with Crippen molar-refractivity contribution in [3.63, 3.8) is 0 Å². The number of aryl methyl sites for hydroxylation is 3. The van der Waals surface area contributed by atoms with Crippen LogP contribution in [0.3, 0.4) is 0 Å². The van der Waals surface area contributed by atoms with Crippen molar-refractivity contribution in [2.24, 2.45) is 0 Å². The zero-order valence-electron chi connectivity index (χ0n) is 17.0. The molecule has 0 aliphatic heterocycles. The van der Waals surface area contributed by atoms with Gasteiger partial charge in [-0.2, -0.15) is 0 Å². The van der Waals surface area contributed by atoms with Crippen LogP contribution in [0.1, 0.15) is 23.3 Å². The van der Waals surface area contributed by atoms with Crippen LogP contribution in [0.2, 0.25) is 0 Å². The number of anilines is 1. The summed E-state index contributed by atoms with van der Waals surface area (Å²) in [5, 5.41) is 0.566. The van der Waals surface area contributed by atoms with Crippen molar-refractivity contribution < 1.29 is 9.21 Å².